The third-order valence-electron chi connectivity index (χ3n) is 6.87. The van der Waals surface area contributed by atoms with Gasteiger partial charge >= 0.3 is 11.9 Å². The SMILES string of the molecule is CCCCCCCCCCCCCCCC(=O)OCC(O)C1OC(=O)C2(O)CCC(O)O[C@@]12O. The van der Waals surface area contributed by atoms with Gasteiger partial charge in [0.25, 0.3) is 0 Å². The summed E-state index contributed by atoms with van der Waals surface area (Å²) in [5.74, 6) is -4.27. The topological polar surface area (TPSA) is 143 Å². The highest BCUT2D eigenvalue weighted by atomic mass is 16.7. The molecule has 5 atom stereocenters. The quantitative estimate of drug-likeness (QED) is 0.179. The number of hydrogen-bond acceptors (Lipinski definition) is 9. The van der Waals surface area contributed by atoms with Gasteiger partial charge in [-0.15, -0.1) is 0 Å². The molecule has 9 heteroatoms. The lowest BCUT2D eigenvalue weighted by atomic mass is 9.83. The van der Waals surface area contributed by atoms with E-state index >= 15 is 0 Å². The summed E-state index contributed by atoms with van der Waals surface area (Å²) in [6.07, 6.45) is 10.7. The number of fused-ring (bicyclic) bond motifs is 1. The molecular weight excluding hydrogens is 444 g/mol. The van der Waals surface area contributed by atoms with Gasteiger partial charge in [-0.05, 0) is 12.8 Å². The summed E-state index contributed by atoms with van der Waals surface area (Å²) in [5.41, 5.74) is -2.39. The van der Waals surface area contributed by atoms with E-state index in [0.717, 1.165) is 19.3 Å². The second-order valence-electron chi connectivity index (χ2n) is 9.74. The second kappa shape index (κ2) is 14.3. The molecule has 2 aliphatic heterocycles. The second-order valence-corrected chi connectivity index (χ2v) is 9.74. The van der Waals surface area contributed by atoms with Crippen molar-refractivity contribution in [3.8, 4) is 0 Å². The number of aliphatic hydroxyl groups is 4. The molecule has 2 fully saturated rings. The Labute approximate surface area is 202 Å². The van der Waals surface area contributed by atoms with Crippen molar-refractivity contribution in [2.45, 2.75) is 140 Å². The molecule has 198 valence electrons. The third-order valence-corrected chi connectivity index (χ3v) is 6.87. The van der Waals surface area contributed by atoms with Crippen molar-refractivity contribution < 1.29 is 44.2 Å². The van der Waals surface area contributed by atoms with Crippen LogP contribution < -0.4 is 0 Å². The Hall–Kier alpha value is -1.26. The van der Waals surface area contributed by atoms with E-state index in [-0.39, 0.29) is 19.3 Å². The minimum Gasteiger partial charge on any atom is -0.463 e. The Bertz CT molecular complexity index is 628. The van der Waals surface area contributed by atoms with E-state index in [9.17, 15) is 30.0 Å². The summed E-state index contributed by atoms with van der Waals surface area (Å²) < 4.78 is 15.0. The predicted molar refractivity (Wildman–Crippen MR) is 123 cm³/mol. The molecule has 2 aliphatic rings. The van der Waals surface area contributed by atoms with E-state index in [1.807, 2.05) is 0 Å². The lowest BCUT2D eigenvalue weighted by Crippen LogP contribution is -2.66. The molecule has 34 heavy (non-hydrogen) atoms. The van der Waals surface area contributed by atoms with Gasteiger partial charge in [0.2, 0.25) is 11.4 Å². The molecule has 2 saturated heterocycles. The van der Waals surface area contributed by atoms with Gasteiger partial charge < -0.3 is 34.6 Å². The van der Waals surface area contributed by atoms with Crippen LogP contribution >= 0.6 is 0 Å². The largest absolute Gasteiger partial charge is 0.463 e. The maximum atomic E-state index is 12.0. The Balaban J connectivity index is 1.53. The van der Waals surface area contributed by atoms with Crippen LogP contribution in [0.25, 0.3) is 0 Å². The highest BCUT2D eigenvalue weighted by molar-refractivity contribution is 5.84. The zero-order chi connectivity index (χ0) is 25.0. The number of cyclic esters (lactones) is 1. The molecule has 0 aromatic heterocycles. The minimum atomic E-state index is -2.62. The number of carbonyl (C=O) groups is 2. The van der Waals surface area contributed by atoms with E-state index in [1.165, 1.54) is 57.8 Å². The van der Waals surface area contributed by atoms with E-state index in [4.69, 9.17) is 14.2 Å². The van der Waals surface area contributed by atoms with Crippen molar-refractivity contribution in [3.63, 3.8) is 0 Å². The fourth-order valence-electron chi connectivity index (χ4n) is 4.68. The fraction of sp³-hybridized carbons (Fsp3) is 0.920. The zero-order valence-electron chi connectivity index (χ0n) is 20.6. The molecule has 0 aliphatic carbocycles. The molecule has 0 spiro atoms. The van der Waals surface area contributed by atoms with Crippen molar-refractivity contribution in [1.29, 1.82) is 0 Å². The van der Waals surface area contributed by atoms with Gasteiger partial charge in [-0.1, -0.05) is 84.0 Å². The lowest BCUT2D eigenvalue weighted by molar-refractivity contribution is -0.370. The summed E-state index contributed by atoms with van der Waals surface area (Å²) in [6, 6.07) is 0. The average molecular weight is 489 g/mol. The van der Waals surface area contributed by atoms with Gasteiger partial charge in [-0.3, -0.25) is 4.79 Å². The Morgan fingerprint density at radius 2 is 1.53 bits per heavy atom. The van der Waals surface area contributed by atoms with E-state index in [2.05, 4.69) is 6.92 Å². The molecular formula is C25H44O9. The number of aliphatic hydroxyl groups excluding tert-OH is 2. The zero-order valence-corrected chi connectivity index (χ0v) is 20.6. The maximum absolute atomic E-state index is 12.0. The summed E-state index contributed by atoms with van der Waals surface area (Å²) in [4.78, 5) is 24.0. The van der Waals surface area contributed by atoms with Crippen LogP contribution in [0.4, 0.5) is 0 Å². The predicted octanol–water partition coefficient (Wildman–Crippen LogP) is 2.85. The number of ether oxygens (including phenoxy) is 3. The Morgan fingerprint density at radius 1 is 1.00 bits per heavy atom. The molecule has 0 radical (unpaired) electrons. The minimum absolute atomic E-state index is 0.0785. The highest BCUT2D eigenvalue weighted by Crippen LogP contribution is 2.45. The first-order chi connectivity index (χ1) is 16.2. The monoisotopic (exact) mass is 488 g/mol. The van der Waals surface area contributed by atoms with E-state index in [1.54, 1.807) is 0 Å². The number of carbonyl (C=O) groups excluding carboxylic acids is 2. The first-order valence-electron chi connectivity index (χ1n) is 13.1. The molecule has 2 rings (SSSR count). The van der Waals surface area contributed by atoms with Gasteiger partial charge in [0.05, 0.1) is 0 Å². The molecule has 4 unspecified atom stereocenters. The molecule has 9 nitrogen and oxygen atoms in total. The fourth-order valence-corrected chi connectivity index (χ4v) is 4.68. The van der Waals surface area contributed by atoms with E-state index < -0.39 is 48.4 Å². The van der Waals surface area contributed by atoms with Crippen LogP contribution in [0.5, 0.6) is 0 Å². The van der Waals surface area contributed by atoms with Crippen LogP contribution in [0.3, 0.4) is 0 Å². The van der Waals surface area contributed by atoms with Crippen LogP contribution in [-0.4, -0.2) is 68.9 Å². The van der Waals surface area contributed by atoms with Crippen molar-refractivity contribution in [1.82, 2.24) is 0 Å². The summed E-state index contributed by atoms with van der Waals surface area (Å²) in [7, 11) is 0. The summed E-state index contributed by atoms with van der Waals surface area (Å²) >= 11 is 0. The molecule has 0 amide bonds. The maximum Gasteiger partial charge on any atom is 0.344 e. The van der Waals surface area contributed by atoms with Crippen molar-refractivity contribution in [2.24, 2.45) is 0 Å². The van der Waals surface area contributed by atoms with E-state index in [0.29, 0.717) is 6.42 Å². The first kappa shape index (κ1) is 29.0. The standard InChI is InChI=1S/C25H44O9/c1-2-3-4-5-6-7-8-9-10-11-12-13-14-15-20(27)32-18-19(26)22-25(31)24(30,23(29)33-22)17-16-21(28)34-25/h19,21-22,26,28,30-31H,2-18H2,1H3/t19?,21?,22?,24?,25-/m0/s1. The smallest absolute Gasteiger partial charge is 0.344 e. The van der Waals surface area contributed by atoms with Gasteiger partial charge in [-0.2, -0.15) is 0 Å². The molecule has 2 heterocycles. The third kappa shape index (κ3) is 7.88. The van der Waals surface area contributed by atoms with Crippen LogP contribution in [0.2, 0.25) is 0 Å². The number of unbranched alkanes of at least 4 members (excludes halogenated alkanes) is 12. The number of esters is 2. The lowest BCUT2D eigenvalue weighted by Gasteiger charge is -2.42. The normalized spacial score (nSPS) is 29.5. The number of hydrogen-bond donors (Lipinski definition) is 4. The average Bonchev–Trinajstić information content (AvgIpc) is 3.01. The molecule has 0 aromatic rings. The van der Waals surface area contributed by atoms with Crippen LogP contribution in [-0.2, 0) is 23.8 Å². The van der Waals surface area contributed by atoms with Crippen molar-refractivity contribution >= 4 is 11.9 Å². The van der Waals surface area contributed by atoms with Crippen molar-refractivity contribution in [3.05, 3.63) is 0 Å². The Kier molecular flexibility index (Phi) is 12.2. The van der Waals surface area contributed by atoms with Gasteiger partial charge in [0.1, 0.15) is 12.7 Å². The molecule has 0 saturated carbocycles. The summed E-state index contributed by atoms with van der Waals surface area (Å²) in [5, 5.41) is 41.1. The van der Waals surface area contributed by atoms with Crippen LogP contribution in [0.15, 0.2) is 0 Å². The number of rotatable bonds is 17. The van der Waals surface area contributed by atoms with Gasteiger partial charge in [-0.25, -0.2) is 4.79 Å². The molecule has 0 aromatic carbocycles. The van der Waals surface area contributed by atoms with Gasteiger partial charge in [0.15, 0.2) is 12.4 Å². The Morgan fingerprint density at radius 3 is 2.09 bits per heavy atom. The van der Waals surface area contributed by atoms with Crippen molar-refractivity contribution in [2.75, 3.05) is 6.61 Å². The summed E-state index contributed by atoms with van der Waals surface area (Å²) in [6.45, 7) is 1.70. The van der Waals surface area contributed by atoms with Crippen LogP contribution in [0.1, 0.15) is 110 Å². The molecule has 0 bridgehead atoms. The highest BCUT2D eigenvalue weighted by Gasteiger charge is 2.72. The molecule has 4 N–H and O–H groups in total. The van der Waals surface area contributed by atoms with Gasteiger partial charge in [0, 0.05) is 12.8 Å². The van der Waals surface area contributed by atoms with Crippen LogP contribution in [0, 0.1) is 0 Å². The first-order valence-corrected chi connectivity index (χ1v) is 13.1.